The van der Waals surface area contributed by atoms with Crippen LogP contribution < -0.4 is 20.2 Å². The molecule has 3 aromatic carbocycles. The SMILES string of the molecule is O=C(CCCNC(=O)OCc1ccccc1)Oc1ccc2c(=O)c(Oc3ccccc3)c(C(F)(F)F)oc2c1. The molecule has 0 aliphatic carbocycles. The van der Waals surface area contributed by atoms with Crippen LogP contribution in [0.25, 0.3) is 11.0 Å². The molecule has 39 heavy (non-hydrogen) atoms. The predicted octanol–water partition coefficient (Wildman–Crippen LogP) is 6.22. The Labute approximate surface area is 219 Å². The highest BCUT2D eigenvalue weighted by atomic mass is 19.4. The molecule has 8 nitrogen and oxygen atoms in total. The number of halogens is 3. The molecule has 202 valence electrons. The van der Waals surface area contributed by atoms with E-state index in [9.17, 15) is 27.6 Å². The topological polar surface area (TPSA) is 104 Å². The minimum absolute atomic E-state index is 0.0270. The van der Waals surface area contributed by atoms with Gasteiger partial charge in [0.1, 0.15) is 23.7 Å². The summed E-state index contributed by atoms with van der Waals surface area (Å²) in [7, 11) is 0. The number of hydrogen-bond acceptors (Lipinski definition) is 7. The summed E-state index contributed by atoms with van der Waals surface area (Å²) in [6.45, 7) is 0.233. The maximum atomic E-state index is 13.7. The maximum absolute atomic E-state index is 13.7. The first-order valence-electron chi connectivity index (χ1n) is 11.8. The zero-order valence-corrected chi connectivity index (χ0v) is 20.3. The number of esters is 1. The lowest BCUT2D eigenvalue weighted by atomic mass is 10.2. The average molecular weight is 541 g/mol. The van der Waals surface area contributed by atoms with E-state index in [0.29, 0.717) is 0 Å². The van der Waals surface area contributed by atoms with Crippen LogP contribution in [0.4, 0.5) is 18.0 Å². The number of benzene rings is 3. The van der Waals surface area contributed by atoms with Crippen molar-refractivity contribution in [3.63, 3.8) is 0 Å². The van der Waals surface area contributed by atoms with E-state index < -0.39 is 40.8 Å². The van der Waals surface area contributed by atoms with Crippen LogP contribution in [-0.2, 0) is 22.3 Å². The van der Waals surface area contributed by atoms with Crippen molar-refractivity contribution in [3.8, 4) is 17.2 Å². The van der Waals surface area contributed by atoms with Crippen molar-refractivity contribution in [1.82, 2.24) is 5.32 Å². The summed E-state index contributed by atoms with van der Waals surface area (Å²) in [4.78, 5) is 36.8. The number of carbonyl (C=O) groups is 2. The van der Waals surface area contributed by atoms with Gasteiger partial charge >= 0.3 is 18.2 Å². The Hall–Kier alpha value is -4.80. The van der Waals surface area contributed by atoms with Crippen LogP contribution in [0.3, 0.4) is 0 Å². The third kappa shape index (κ3) is 7.37. The van der Waals surface area contributed by atoms with E-state index in [0.717, 1.165) is 11.6 Å². The molecule has 0 aliphatic heterocycles. The first-order valence-corrected chi connectivity index (χ1v) is 11.8. The lowest BCUT2D eigenvalue weighted by Gasteiger charge is -2.13. The molecule has 0 saturated heterocycles. The molecule has 4 rings (SSSR count). The molecule has 0 atom stereocenters. The molecule has 4 aromatic rings. The van der Waals surface area contributed by atoms with Gasteiger partial charge in [-0.15, -0.1) is 0 Å². The fraction of sp³-hybridized carbons (Fsp3) is 0.179. The Kier molecular flexibility index (Phi) is 8.50. The summed E-state index contributed by atoms with van der Waals surface area (Å²) in [5.41, 5.74) is -0.638. The summed E-state index contributed by atoms with van der Waals surface area (Å²) in [6.07, 6.45) is -5.55. The number of para-hydroxylation sites is 1. The first kappa shape index (κ1) is 27.2. The molecule has 1 heterocycles. The molecule has 0 aliphatic rings. The number of carbonyl (C=O) groups excluding carboxylic acids is 2. The standard InChI is InChI=1S/C28H22F3NO7/c29-28(30,31)26-25(38-19-10-5-2-6-11-19)24(34)21-14-13-20(16-22(21)39-26)37-23(33)12-7-15-32-27(35)36-17-18-8-3-1-4-9-18/h1-6,8-11,13-14,16H,7,12,15,17H2,(H,32,35). The van der Waals surface area contributed by atoms with E-state index >= 15 is 0 Å². The summed E-state index contributed by atoms with van der Waals surface area (Å²) >= 11 is 0. The molecule has 1 N–H and O–H groups in total. The van der Waals surface area contributed by atoms with Crippen molar-refractivity contribution >= 4 is 23.0 Å². The number of ether oxygens (including phenoxy) is 3. The van der Waals surface area contributed by atoms with Gasteiger partial charge in [0, 0.05) is 19.0 Å². The van der Waals surface area contributed by atoms with Gasteiger partial charge in [-0.05, 0) is 36.2 Å². The van der Waals surface area contributed by atoms with Crippen LogP contribution in [0, 0.1) is 0 Å². The highest BCUT2D eigenvalue weighted by Crippen LogP contribution is 2.38. The van der Waals surface area contributed by atoms with Crippen molar-refractivity contribution in [2.45, 2.75) is 25.6 Å². The van der Waals surface area contributed by atoms with E-state index in [-0.39, 0.29) is 42.9 Å². The van der Waals surface area contributed by atoms with Crippen molar-refractivity contribution in [3.05, 3.63) is 100 Å². The number of nitrogens with one attached hydrogen (secondary N) is 1. The molecule has 0 spiro atoms. The Morgan fingerprint density at radius 3 is 2.28 bits per heavy atom. The number of rotatable bonds is 9. The van der Waals surface area contributed by atoms with Gasteiger partial charge in [-0.2, -0.15) is 13.2 Å². The highest BCUT2D eigenvalue weighted by Gasteiger charge is 2.40. The Balaban J connectivity index is 1.37. The van der Waals surface area contributed by atoms with Crippen molar-refractivity contribution in [2.24, 2.45) is 0 Å². The quantitative estimate of drug-likeness (QED) is 0.153. The minimum atomic E-state index is -5.03. The second-order valence-electron chi connectivity index (χ2n) is 8.23. The van der Waals surface area contributed by atoms with Crippen molar-refractivity contribution in [2.75, 3.05) is 6.54 Å². The number of alkyl halides is 3. The third-order valence-corrected chi connectivity index (χ3v) is 5.31. The number of alkyl carbamates (subject to hydrolysis) is 1. The van der Waals surface area contributed by atoms with Gasteiger partial charge in [0.05, 0.1) is 5.39 Å². The van der Waals surface area contributed by atoms with Gasteiger partial charge in [0.2, 0.25) is 11.2 Å². The van der Waals surface area contributed by atoms with Crippen LogP contribution >= 0.6 is 0 Å². The molecular weight excluding hydrogens is 519 g/mol. The van der Waals surface area contributed by atoms with E-state index in [1.807, 2.05) is 30.3 Å². The normalized spacial score (nSPS) is 11.2. The van der Waals surface area contributed by atoms with E-state index in [4.69, 9.17) is 18.6 Å². The Bertz CT molecular complexity index is 1500. The monoisotopic (exact) mass is 541 g/mol. The lowest BCUT2D eigenvalue weighted by molar-refractivity contribution is -0.154. The summed E-state index contributed by atoms with van der Waals surface area (Å²) in [5, 5.41) is 2.32. The first-order chi connectivity index (χ1) is 18.7. The smallest absolute Gasteiger partial charge is 0.449 e. The fourth-order valence-corrected chi connectivity index (χ4v) is 3.49. The summed E-state index contributed by atoms with van der Waals surface area (Å²) in [5.74, 6) is -3.40. The van der Waals surface area contributed by atoms with Gasteiger partial charge in [-0.3, -0.25) is 9.59 Å². The average Bonchev–Trinajstić information content (AvgIpc) is 2.92. The number of fused-ring (bicyclic) bond motifs is 1. The molecule has 0 fully saturated rings. The van der Waals surface area contributed by atoms with Crippen molar-refractivity contribution < 1.29 is 41.4 Å². The zero-order valence-electron chi connectivity index (χ0n) is 20.3. The fourth-order valence-electron chi connectivity index (χ4n) is 3.49. The zero-order chi connectivity index (χ0) is 27.8. The van der Waals surface area contributed by atoms with E-state index in [2.05, 4.69) is 5.32 Å². The highest BCUT2D eigenvalue weighted by molar-refractivity contribution is 5.81. The van der Waals surface area contributed by atoms with Crippen LogP contribution in [0.5, 0.6) is 17.2 Å². The summed E-state index contributed by atoms with van der Waals surface area (Å²) < 4.78 is 61.6. The molecule has 0 saturated carbocycles. The number of amides is 1. The molecule has 0 bridgehead atoms. The molecule has 0 radical (unpaired) electrons. The van der Waals surface area contributed by atoms with Crippen LogP contribution in [0.2, 0.25) is 0 Å². The largest absolute Gasteiger partial charge is 0.453 e. The van der Waals surface area contributed by atoms with E-state index in [1.54, 1.807) is 18.2 Å². The van der Waals surface area contributed by atoms with Gasteiger partial charge in [0.25, 0.3) is 5.76 Å². The molecule has 0 unspecified atom stereocenters. The second kappa shape index (κ2) is 12.2. The van der Waals surface area contributed by atoms with Crippen molar-refractivity contribution in [1.29, 1.82) is 0 Å². The van der Waals surface area contributed by atoms with E-state index in [1.165, 1.54) is 24.3 Å². The third-order valence-electron chi connectivity index (χ3n) is 5.31. The van der Waals surface area contributed by atoms with Gasteiger partial charge in [0.15, 0.2) is 0 Å². The second-order valence-corrected chi connectivity index (χ2v) is 8.23. The van der Waals surface area contributed by atoms with Gasteiger partial charge in [-0.1, -0.05) is 48.5 Å². The lowest BCUT2D eigenvalue weighted by Crippen LogP contribution is -2.26. The summed E-state index contributed by atoms with van der Waals surface area (Å²) in [6, 6.07) is 20.1. The van der Waals surface area contributed by atoms with Gasteiger partial charge in [-0.25, -0.2) is 4.79 Å². The Morgan fingerprint density at radius 1 is 0.897 bits per heavy atom. The molecule has 1 amide bonds. The van der Waals surface area contributed by atoms with Crippen LogP contribution in [0.15, 0.2) is 88.1 Å². The molecule has 1 aromatic heterocycles. The Morgan fingerprint density at radius 2 is 1.59 bits per heavy atom. The molecule has 11 heteroatoms. The van der Waals surface area contributed by atoms with Gasteiger partial charge < -0.3 is 23.9 Å². The molecular formula is C28H22F3NO7. The predicted molar refractivity (Wildman–Crippen MR) is 134 cm³/mol. The maximum Gasteiger partial charge on any atom is 0.453 e. The number of hydrogen-bond donors (Lipinski definition) is 1. The minimum Gasteiger partial charge on any atom is -0.449 e. The van der Waals surface area contributed by atoms with Crippen LogP contribution in [0.1, 0.15) is 24.2 Å². The van der Waals surface area contributed by atoms with Crippen LogP contribution in [-0.4, -0.2) is 18.6 Å².